The van der Waals surface area contributed by atoms with Crippen molar-refractivity contribution in [1.29, 1.82) is 0 Å². The topological polar surface area (TPSA) is 69.2 Å². The number of hydrogen-bond donors (Lipinski definition) is 2. The number of alkyl halides is 3. The van der Waals surface area contributed by atoms with Crippen LogP contribution in [0.2, 0.25) is 0 Å². The summed E-state index contributed by atoms with van der Waals surface area (Å²) in [5, 5.41) is 9.03. The number of carbonyl (C=O) groups excluding carboxylic acids is 1. The summed E-state index contributed by atoms with van der Waals surface area (Å²) in [6.07, 6.45) is -7.66. The highest BCUT2D eigenvalue weighted by Crippen LogP contribution is 2.21. The number of para-hydroxylation sites is 2. The van der Waals surface area contributed by atoms with E-state index in [4.69, 9.17) is 5.11 Å². The first-order valence-corrected chi connectivity index (χ1v) is 6.80. The molecule has 0 aliphatic carbocycles. The van der Waals surface area contributed by atoms with Gasteiger partial charge in [0.2, 0.25) is 6.10 Å². The summed E-state index contributed by atoms with van der Waals surface area (Å²) in [7, 11) is 0. The Morgan fingerprint density at radius 1 is 1.41 bits per heavy atom. The second kappa shape index (κ2) is 6.35. The van der Waals surface area contributed by atoms with Gasteiger partial charge in [-0.05, 0) is 19.1 Å². The van der Waals surface area contributed by atoms with Gasteiger partial charge in [-0.15, -0.1) is 0 Å². The van der Waals surface area contributed by atoms with Gasteiger partial charge in [-0.3, -0.25) is 4.79 Å². The lowest BCUT2D eigenvalue weighted by molar-refractivity contribution is -0.210. The minimum Gasteiger partial charge on any atom is -0.376 e. The molecule has 1 aromatic heterocycles. The molecule has 8 heteroatoms. The van der Waals surface area contributed by atoms with Crippen molar-refractivity contribution < 1.29 is 23.1 Å². The first kappa shape index (κ1) is 16.3. The van der Waals surface area contributed by atoms with Crippen LogP contribution in [0.3, 0.4) is 0 Å². The molecule has 1 unspecified atom stereocenters. The summed E-state index contributed by atoms with van der Waals surface area (Å²) in [6, 6.07) is 7.31. The van der Waals surface area contributed by atoms with Crippen LogP contribution in [0.4, 0.5) is 13.2 Å². The Kier molecular flexibility index (Phi) is 4.70. The number of aromatic nitrogens is 2. The molecule has 0 fully saturated rings. The number of carbonyl (C=O) groups is 1. The van der Waals surface area contributed by atoms with Crippen molar-refractivity contribution in [3.63, 3.8) is 0 Å². The number of aromatic amines is 1. The third-order valence-electron chi connectivity index (χ3n) is 3.29. The first-order valence-electron chi connectivity index (χ1n) is 6.80. The maximum Gasteiger partial charge on any atom is 0.423 e. The maximum atomic E-state index is 12.4. The van der Waals surface area contributed by atoms with E-state index in [0.29, 0.717) is 5.82 Å². The average Bonchev–Trinajstić information content (AvgIpc) is 2.88. The van der Waals surface area contributed by atoms with E-state index in [1.165, 1.54) is 0 Å². The largest absolute Gasteiger partial charge is 0.423 e. The van der Waals surface area contributed by atoms with Crippen LogP contribution in [0.15, 0.2) is 24.3 Å². The number of nitrogens with zero attached hydrogens (tertiary/aromatic N) is 2. The number of fused-ring (bicyclic) bond motifs is 1. The Bertz CT molecular complexity index is 621. The second-order valence-electron chi connectivity index (χ2n) is 4.81. The number of rotatable bonds is 5. The molecule has 22 heavy (non-hydrogen) atoms. The number of aliphatic hydroxyl groups excluding tert-OH is 1. The van der Waals surface area contributed by atoms with Gasteiger partial charge >= 0.3 is 6.18 Å². The zero-order valence-electron chi connectivity index (χ0n) is 11.9. The fourth-order valence-corrected chi connectivity index (χ4v) is 2.10. The minimum atomic E-state index is -4.95. The van der Waals surface area contributed by atoms with Crippen LogP contribution in [-0.2, 0) is 11.2 Å². The molecule has 0 bridgehead atoms. The number of imidazole rings is 1. The van der Waals surface area contributed by atoms with E-state index in [9.17, 15) is 18.0 Å². The lowest BCUT2D eigenvalue weighted by Crippen LogP contribution is -2.47. The summed E-state index contributed by atoms with van der Waals surface area (Å²) in [5.74, 6) is -0.764. The molecule has 0 saturated heterocycles. The Hall–Kier alpha value is -2.09. The van der Waals surface area contributed by atoms with Crippen molar-refractivity contribution in [2.45, 2.75) is 25.6 Å². The molecule has 2 N–H and O–H groups in total. The van der Waals surface area contributed by atoms with Gasteiger partial charge in [-0.1, -0.05) is 12.1 Å². The van der Waals surface area contributed by atoms with Gasteiger partial charge in [0, 0.05) is 19.5 Å². The van der Waals surface area contributed by atoms with Crippen molar-refractivity contribution in [1.82, 2.24) is 14.9 Å². The number of benzene rings is 1. The molecule has 5 nitrogen and oxygen atoms in total. The number of hydrogen-bond acceptors (Lipinski definition) is 3. The summed E-state index contributed by atoms with van der Waals surface area (Å²) in [4.78, 5) is 19.9. The number of halogens is 3. The van der Waals surface area contributed by atoms with Crippen LogP contribution in [-0.4, -0.2) is 51.3 Å². The van der Waals surface area contributed by atoms with Gasteiger partial charge in [0.25, 0.3) is 5.91 Å². The van der Waals surface area contributed by atoms with Gasteiger partial charge in [0.15, 0.2) is 0 Å². The molecule has 0 saturated carbocycles. The minimum absolute atomic E-state index is 0.0439. The molecule has 1 aromatic carbocycles. The summed E-state index contributed by atoms with van der Waals surface area (Å²) in [6.45, 7) is 1.67. The quantitative estimate of drug-likeness (QED) is 0.885. The van der Waals surface area contributed by atoms with Crippen LogP contribution in [0.5, 0.6) is 0 Å². The summed E-state index contributed by atoms with van der Waals surface area (Å²) < 4.78 is 37.1. The number of aliphatic hydroxyl groups is 1. The molecule has 1 amide bonds. The third kappa shape index (κ3) is 3.56. The van der Waals surface area contributed by atoms with E-state index in [-0.39, 0.29) is 19.5 Å². The third-order valence-corrected chi connectivity index (χ3v) is 3.29. The van der Waals surface area contributed by atoms with Gasteiger partial charge in [0.1, 0.15) is 5.82 Å². The van der Waals surface area contributed by atoms with Crippen molar-refractivity contribution in [2.24, 2.45) is 0 Å². The zero-order chi connectivity index (χ0) is 16.3. The molecule has 1 atom stereocenters. The normalized spacial score (nSPS) is 13.3. The highest BCUT2D eigenvalue weighted by atomic mass is 19.4. The Labute approximate surface area is 124 Å². The van der Waals surface area contributed by atoms with Gasteiger partial charge in [-0.25, -0.2) is 4.98 Å². The van der Waals surface area contributed by atoms with E-state index in [2.05, 4.69) is 9.97 Å². The van der Waals surface area contributed by atoms with Crippen LogP contribution in [0.1, 0.15) is 12.7 Å². The monoisotopic (exact) mass is 315 g/mol. The molecule has 0 spiro atoms. The fraction of sp³-hybridized carbons (Fsp3) is 0.429. The van der Waals surface area contributed by atoms with Crippen LogP contribution in [0, 0.1) is 0 Å². The van der Waals surface area contributed by atoms with E-state index in [0.717, 1.165) is 15.9 Å². The fourth-order valence-electron chi connectivity index (χ4n) is 2.10. The highest BCUT2D eigenvalue weighted by molar-refractivity contribution is 5.81. The van der Waals surface area contributed by atoms with Crippen molar-refractivity contribution >= 4 is 16.9 Å². The number of nitrogens with one attached hydrogen (secondary N) is 1. The van der Waals surface area contributed by atoms with Crippen molar-refractivity contribution in [3.05, 3.63) is 30.1 Å². The molecule has 0 radical (unpaired) electrons. The smallest absolute Gasteiger partial charge is 0.376 e. The SMILES string of the molecule is CCN(CCc1nc2ccccc2[nH]1)C(=O)C(O)C(F)(F)F. The summed E-state index contributed by atoms with van der Waals surface area (Å²) in [5.41, 5.74) is 1.57. The number of likely N-dealkylation sites (N-methyl/N-ethyl adjacent to an activating group) is 1. The summed E-state index contributed by atoms with van der Waals surface area (Å²) >= 11 is 0. The van der Waals surface area contributed by atoms with Crippen LogP contribution >= 0.6 is 0 Å². The van der Waals surface area contributed by atoms with Crippen molar-refractivity contribution in [2.75, 3.05) is 13.1 Å². The Morgan fingerprint density at radius 2 is 2.09 bits per heavy atom. The lowest BCUT2D eigenvalue weighted by atomic mass is 10.2. The highest BCUT2D eigenvalue weighted by Gasteiger charge is 2.45. The van der Waals surface area contributed by atoms with Crippen LogP contribution in [0.25, 0.3) is 11.0 Å². The van der Waals surface area contributed by atoms with Crippen LogP contribution < -0.4 is 0 Å². The van der Waals surface area contributed by atoms with Gasteiger partial charge < -0.3 is 15.0 Å². The molecule has 2 aromatic rings. The molecular weight excluding hydrogens is 299 g/mol. The van der Waals surface area contributed by atoms with Gasteiger partial charge in [-0.2, -0.15) is 13.2 Å². The molecule has 2 rings (SSSR count). The van der Waals surface area contributed by atoms with E-state index >= 15 is 0 Å². The van der Waals surface area contributed by atoms with E-state index < -0.39 is 18.2 Å². The molecule has 0 aliphatic rings. The standard InChI is InChI=1S/C14H16F3N3O2/c1-2-20(13(22)12(21)14(15,16)17)8-7-11-18-9-5-3-4-6-10(9)19-11/h3-6,12,21H,2,7-8H2,1H3,(H,18,19). The molecule has 1 heterocycles. The Morgan fingerprint density at radius 3 is 2.68 bits per heavy atom. The zero-order valence-corrected chi connectivity index (χ0v) is 11.9. The number of H-pyrrole nitrogens is 1. The number of amides is 1. The lowest BCUT2D eigenvalue weighted by Gasteiger charge is -2.24. The van der Waals surface area contributed by atoms with E-state index in [1.807, 2.05) is 24.3 Å². The first-order chi connectivity index (χ1) is 10.3. The molecule has 120 valence electrons. The Balaban J connectivity index is 2.03. The molecular formula is C14H16F3N3O2. The molecule has 0 aliphatic heterocycles. The van der Waals surface area contributed by atoms with E-state index in [1.54, 1.807) is 6.92 Å². The second-order valence-corrected chi connectivity index (χ2v) is 4.81. The van der Waals surface area contributed by atoms with Gasteiger partial charge in [0.05, 0.1) is 11.0 Å². The predicted octanol–water partition coefficient (Wildman–Crippen LogP) is 1.88. The van der Waals surface area contributed by atoms with Crippen molar-refractivity contribution in [3.8, 4) is 0 Å². The predicted molar refractivity (Wildman–Crippen MR) is 74.1 cm³/mol. The average molecular weight is 315 g/mol. The maximum absolute atomic E-state index is 12.4.